The molecule has 1 fully saturated rings. The van der Waals surface area contributed by atoms with Crippen molar-refractivity contribution in [1.29, 1.82) is 0 Å². The molecule has 1 saturated heterocycles. The summed E-state index contributed by atoms with van der Waals surface area (Å²) in [6.07, 6.45) is 3.29. The van der Waals surface area contributed by atoms with Crippen molar-refractivity contribution in [2.75, 3.05) is 23.3 Å². The molecule has 1 N–H and O–H groups in total. The molecule has 0 saturated carbocycles. The summed E-state index contributed by atoms with van der Waals surface area (Å²) < 4.78 is 2.55. The van der Waals surface area contributed by atoms with Crippen molar-refractivity contribution in [1.82, 2.24) is 19.6 Å². The summed E-state index contributed by atoms with van der Waals surface area (Å²) in [6.45, 7) is 1.47. The SMILES string of the molecule is Cn1nc(-c2ccc(N3CCCCC3)c(NC(=O)Cn3nc(-c4ccc(Cl)cc4)c4ccccc4c3=O)c2)c2ccccc2c1=O. The zero-order chi connectivity index (χ0) is 31.8. The van der Waals surface area contributed by atoms with Crippen LogP contribution in [0.2, 0.25) is 5.02 Å². The summed E-state index contributed by atoms with van der Waals surface area (Å²) in [5.41, 5.74) is 3.74. The van der Waals surface area contributed by atoms with Crippen molar-refractivity contribution < 1.29 is 4.79 Å². The molecule has 1 amide bonds. The standard InChI is InChI=1S/C36H31ClN6O3/c1-41-35(45)28-11-5-3-9-26(28)34(39-41)24-15-18-31(42-19-7-2-8-20-42)30(21-24)38-32(44)22-43-36(46)29-12-6-4-10-27(29)33(40-43)23-13-16-25(37)17-14-23/h3-6,9-18,21H,2,7-8,19-20,22H2,1H3,(H,38,44). The third kappa shape index (κ3) is 5.54. The van der Waals surface area contributed by atoms with Gasteiger partial charge in [-0.2, -0.15) is 10.2 Å². The number of rotatable bonds is 6. The van der Waals surface area contributed by atoms with E-state index in [1.165, 1.54) is 9.36 Å². The quantitative estimate of drug-likeness (QED) is 0.233. The smallest absolute Gasteiger partial charge is 0.275 e. The first-order valence-electron chi connectivity index (χ1n) is 15.3. The highest BCUT2D eigenvalue weighted by molar-refractivity contribution is 6.30. The molecule has 7 rings (SSSR count). The molecule has 2 aromatic heterocycles. The highest BCUT2D eigenvalue weighted by Gasteiger charge is 2.20. The van der Waals surface area contributed by atoms with Crippen LogP contribution in [0.1, 0.15) is 19.3 Å². The lowest BCUT2D eigenvalue weighted by atomic mass is 10.0. The maximum Gasteiger partial charge on any atom is 0.275 e. The molecule has 9 nitrogen and oxygen atoms in total. The van der Waals surface area contributed by atoms with E-state index in [1.807, 2.05) is 60.7 Å². The van der Waals surface area contributed by atoms with Crippen LogP contribution in [0.25, 0.3) is 44.1 Å². The average Bonchev–Trinajstić information content (AvgIpc) is 3.08. The van der Waals surface area contributed by atoms with Gasteiger partial charge in [-0.3, -0.25) is 14.4 Å². The van der Waals surface area contributed by atoms with Gasteiger partial charge in [0, 0.05) is 47.1 Å². The van der Waals surface area contributed by atoms with E-state index in [2.05, 4.69) is 20.4 Å². The van der Waals surface area contributed by atoms with E-state index in [-0.39, 0.29) is 23.6 Å². The molecule has 3 heterocycles. The van der Waals surface area contributed by atoms with Crippen LogP contribution in [-0.4, -0.2) is 38.6 Å². The second-order valence-corrected chi connectivity index (χ2v) is 12.0. The van der Waals surface area contributed by atoms with Crippen molar-refractivity contribution >= 4 is 50.4 Å². The predicted molar refractivity (Wildman–Crippen MR) is 184 cm³/mol. The van der Waals surface area contributed by atoms with Crippen molar-refractivity contribution in [3.05, 3.63) is 117 Å². The summed E-state index contributed by atoms with van der Waals surface area (Å²) in [7, 11) is 1.63. The number of amides is 1. The summed E-state index contributed by atoms with van der Waals surface area (Å²) in [5, 5.41) is 15.4. The maximum atomic E-state index is 13.7. The fourth-order valence-electron chi connectivity index (χ4n) is 6.20. The number of aromatic nitrogens is 4. The minimum absolute atomic E-state index is 0.177. The van der Waals surface area contributed by atoms with Crippen LogP contribution in [0.4, 0.5) is 11.4 Å². The van der Waals surface area contributed by atoms with Gasteiger partial charge in [-0.15, -0.1) is 0 Å². The third-order valence-electron chi connectivity index (χ3n) is 8.48. The van der Waals surface area contributed by atoms with Gasteiger partial charge in [0.2, 0.25) is 5.91 Å². The molecular weight excluding hydrogens is 600 g/mol. The number of hydrogen-bond donors (Lipinski definition) is 1. The molecule has 6 aromatic rings. The Bertz CT molecular complexity index is 2240. The van der Waals surface area contributed by atoms with E-state index in [4.69, 9.17) is 11.6 Å². The van der Waals surface area contributed by atoms with Crippen LogP contribution in [0.15, 0.2) is 101 Å². The van der Waals surface area contributed by atoms with Crippen LogP contribution in [0, 0.1) is 0 Å². The normalized spacial score (nSPS) is 13.3. The first kappa shape index (κ1) is 29.4. The minimum Gasteiger partial charge on any atom is -0.370 e. The van der Waals surface area contributed by atoms with Crippen LogP contribution in [-0.2, 0) is 18.4 Å². The van der Waals surface area contributed by atoms with Gasteiger partial charge in [0.1, 0.15) is 6.54 Å². The second kappa shape index (κ2) is 12.3. The van der Waals surface area contributed by atoms with E-state index in [1.54, 1.807) is 37.4 Å². The number of halogens is 1. The number of fused-ring (bicyclic) bond motifs is 2. The number of aryl methyl sites for hydroxylation is 1. The molecule has 10 heteroatoms. The lowest BCUT2D eigenvalue weighted by Crippen LogP contribution is -2.32. The number of anilines is 2. The van der Waals surface area contributed by atoms with Gasteiger partial charge in [-0.25, -0.2) is 9.36 Å². The lowest BCUT2D eigenvalue weighted by Gasteiger charge is -2.31. The van der Waals surface area contributed by atoms with E-state index in [0.717, 1.165) is 54.6 Å². The summed E-state index contributed by atoms with van der Waals surface area (Å²) in [4.78, 5) is 42.4. The number of benzene rings is 4. The number of carbonyl (C=O) groups excluding carboxylic acids is 1. The molecule has 230 valence electrons. The van der Waals surface area contributed by atoms with Crippen LogP contribution in [0.5, 0.6) is 0 Å². The molecule has 1 aliphatic rings. The van der Waals surface area contributed by atoms with E-state index in [9.17, 15) is 14.4 Å². The van der Waals surface area contributed by atoms with E-state index in [0.29, 0.717) is 38.3 Å². The molecule has 0 radical (unpaired) electrons. The van der Waals surface area contributed by atoms with Gasteiger partial charge in [0.05, 0.1) is 33.5 Å². The van der Waals surface area contributed by atoms with Crippen LogP contribution >= 0.6 is 11.6 Å². The highest BCUT2D eigenvalue weighted by atomic mass is 35.5. The molecule has 0 aliphatic carbocycles. The van der Waals surface area contributed by atoms with Crippen LogP contribution in [0.3, 0.4) is 0 Å². The van der Waals surface area contributed by atoms with Crippen molar-refractivity contribution in [3.63, 3.8) is 0 Å². The Kier molecular flexibility index (Phi) is 7.84. The number of hydrogen-bond acceptors (Lipinski definition) is 6. The molecule has 0 unspecified atom stereocenters. The Balaban J connectivity index is 1.28. The van der Waals surface area contributed by atoms with E-state index >= 15 is 0 Å². The fraction of sp³-hybridized carbons (Fsp3) is 0.194. The molecule has 0 atom stereocenters. The predicted octanol–water partition coefficient (Wildman–Crippen LogP) is 6.26. The molecule has 0 bridgehead atoms. The summed E-state index contributed by atoms with van der Waals surface area (Å²) >= 11 is 6.13. The maximum absolute atomic E-state index is 13.7. The fourth-order valence-corrected chi connectivity index (χ4v) is 6.32. The Morgan fingerprint density at radius 2 is 1.33 bits per heavy atom. The molecule has 1 aliphatic heterocycles. The monoisotopic (exact) mass is 630 g/mol. The minimum atomic E-state index is -0.388. The van der Waals surface area contributed by atoms with Gasteiger partial charge in [0.25, 0.3) is 11.1 Å². The Hall–Kier alpha value is -5.28. The first-order valence-corrected chi connectivity index (χ1v) is 15.7. The Labute approximate surface area is 269 Å². The lowest BCUT2D eigenvalue weighted by molar-refractivity contribution is -0.117. The molecule has 0 spiro atoms. The number of piperidine rings is 1. The number of nitrogens with one attached hydrogen (secondary N) is 1. The Morgan fingerprint density at radius 3 is 2.00 bits per heavy atom. The molecule has 4 aromatic carbocycles. The molecule has 46 heavy (non-hydrogen) atoms. The summed E-state index contributed by atoms with van der Waals surface area (Å²) in [6, 6.07) is 27.8. The van der Waals surface area contributed by atoms with Crippen molar-refractivity contribution in [2.45, 2.75) is 25.8 Å². The third-order valence-corrected chi connectivity index (χ3v) is 8.73. The van der Waals surface area contributed by atoms with Crippen molar-refractivity contribution in [2.24, 2.45) is 7.05 Å². The van der Waals surface area contributed by atoms with Gasteiger partial charge in [-0.05, 0) is 55.7 Å². The van der Waals surface area contributed by atoms with Gasteiger partial charge in [-0.1, -0.05) is 66.2 Å². The second-order valence-electron chi connectivity index (χ2n) is 11.5. The largest absolute Gasteiger partial charge is 0.370 e. The van der Waals surface area contributed by atoms with Crippen LogP contribution < -0.4 is 21.3 Å². The van der Waals surface area contributed by atoms with Crippen molar-refractivity contribution in [3.8, 4) is 22.5 Å². The molecular formula is C36H31ClN6O3. The topological polar surface area (TPSA) is 102 Å². The zero-order valence-corrected chi connectivity index (χ0v) is 26.0. The summed E-state index contributed by atoms with van der Waals surface area (Å²) in [5.74, 6) is -0.388. The van der Waals surface area contributed by atoms with E-state index < -0.39 is 0 Å². The number of nitrogens with zero attached hydrogens (tertiary/aromatic N) is 5. The number of carbonyl (C=O) groups is 1. The first-order chi connectivity index (χ1) is 22.4. The van der Waals surface area contributed by atoms with Gasteiger partial charge < -0.3 is 10.2 Å². The van der Waals surface area contributed by atoms with Gasteiger partial charge in [0.15, 0.2) is 0 Å². The highest BCUT2D eigenvalue weighted by Crippen LogP contribution is 2.35. The average molecular weight is 631 g/mol. The zero-order valence-electron chi connectivity index (χ0n) is 25.2. The Morgan fingerprint density at radius 1 is 0.739 bits per heavy atom. The van der Waals surface area contributed by atoms with Gasteiger partial charge >= 0.3 is 0 Å².